The number of fused-ring (bicyclic) bond motifs is 6. The van der Waals surface area contributed by atoms with E-state index in [0.29, 0.717) is 5.92 Å². The summed E-state index contributed by atoms with van der Waals surface area (Å²) in [5.74, 6) is 0.423. The first-order valence-corrected chi connectivity index (χ1v) is 15.2. The van der Waals surface area contributed by atoms with Crippen molar-refractivity contribution >= 4 is 43.9 Å². The molecule has 9 rings (SSSR count). The molecule has 0 saturated carbocycles. The smallest absolute Gasteiger partial charge is 0.139 e. The molecule has 8 aromatic rings. The van der Waals surface area contributed by atoms with E-state index in [4.69, 9.17) is 8.83 Å². The van der Waals surface area contributed by atoms with Crippen LogP contribution < -0.4 is 0 Å². The lowest BCUT2D eigenvalue weighted by molar-refractivity contribution is 0.656. The molecule has 0 spiro atoms. The lowest BCUT2D eigenvalue weighted by atomic mass is 9.90. The number of hydrogen-bond donors (Lipinski definition) is 0. The van der Waals surface area contributed by atoms with Crippen LogP contribution in [0.3, 0.4) is 0 Å². The van der Waals surface area contributed by atoms with Crippen LogP contribution in [-0.2, 0) is 0 Å². The van der Waals surface area contributed by atoms with Gasteiger partial charge in [0.25, 0.3) is 0 Å². The SMILES string of the molecule is C1=CCC(c2cccc(-c3ccc4oc5cc6oc7ccc(-c8cccc(-c9ccccc9)c8)cc7c6cc5c4c3)c2)C=C1. The van der Waals surface area contributed by atoms with E-state index in [1.807, 2.05) is 6.07 Å². The summed E-state index contributed by atoms with van der Waals surface area (Å²) in [5.41, 5.74) is 12.0. The van der Waals surface area contributed by atoms with Gasteiger partial charge in [-0.15, -0.1) is 0 Å². The van der Waals surface area contributed by atoms with Gasteiger partial charge in [-0.05, 0) is 81.8 Å². The van der Waals surface area contributed by atoms with E-state index >= 15 is 0 Å². The van der Waals surface area contributed by atoms with Crippen LogP contribution in [0.2, 0.25) is 0 Å². The number of rotatable bonds is 4. The number of benzene rings is 6. The molecule has 0 bridgehead atoms. The molecular formula is C42H28O2. The average Bonchev–Trinajstić information content (AvgIpc) is 3.64. The highest BCUT2D eigenvalue weighted by molar-refractivity contribution is 6.16. The van der Waals surface area contributed by atoms with Crippen molar-refractivity contribution in [3.05, 3.63) is 157 Å². The fourth-order valence-electron chi connectivity index (χ4n) is 6.69. The highest BCUT2D eigenvalue weighted by Crippen LogP contribution is 2.40. The Morgan fingerprint density at radius 2 is 0.977 bits per heavy atom. The number of allylic oxidation sites excluding steroid dienone is 4. The predicted molar refractivity (Wildman–Crippen MR) is 183 cm³/mol. The maximum Gasteiger partial charge on any atom is 0.139 e. The second-order valence-electron chi connectivity index (χ2n) is 11.7. The van der Waals surface area contributed by atoms with Crippen molar-refractivity contribution in [2.45, 2.75) is 12.3 Å². The summed E-state index contributed by atoms with van der Waals surface area (Å²) in [4.78, 5) is 0. The maximum atomic E-state index is 6.34. The third-order valence-electron chi connectivity index (χ3n) is 8.99. The Bertz CT molecular complexity index is 2420. The molecule has 1 aliphatic carbocycles. The van der Waals surface area contributed by atoms with E-state index in [0.717, 1.165) is 50.3 Å². The van der Waals surface area contributed by atoms with E-state index in [1.54, 1.807) is 0 Å². The number of hydrogen-bond acceptors (Lipinski definition) is 2. The Labute approximate surface area is 255 Å². The molecule has 2 aromatic heterocycles. The summed E-state index contributed by atoms with van der Waals surface area (Å²) in [6.07, 6.45) is 9.85. The van der Waals surface area contributed by atoms with E-state index in [9.17, 15) is 0 Å². The van der Waals surface area contributed by atoms with Crippen molar-refractivity contribution in [2.75, 3.05) is 0 Å². The van der Waals surface area contributed by atoms with Gasteiger partial charge < -0.3 is 8.83 Å². The molecule has 2 nitrogen and oxygen atoms in total. The fraction of sp³-hybridized carbons (Fsp3) is 0.0476. The first-order chi connectivity index (χ1) is 21.8. The first-order valence-electron chi connectivity index (χ1n) is 15.2. The molecule has 6 aromatic carbocycles. The van der Waals surface area contributed by atoms with Crippen LogP contribution in [0.4, 0.5) is 0 Å². The molecule has 1 aliphatic rings. The summed E-state index contributed by atoms with van der Waals surface area (Å²) in [6, 6.07) is 45.5. The Hall–Kier alpha value is -5.60. The summed E-state index contributed by atoms with van der Waals surface area (Å²) in [6.45, 7) is 0. The van der Waals surface area contributed by atoms with Crippen molar-refractivity contribution in [3.8, 4) is 33.4 Å². The summed E-state index contributed by atoms with van der Waals surface area (Å²) >= 11 is 0. The highest BCUT2D eigenvalue weighted by Gasteiger charge is 2.16. The summed E-state index contributed by atoms with van der Waals surface area (Å²) in [7, 11) is 0. The Morgan fingerprint density at radius 3 is 1.64 bits per heavy atom. The minimum Gasteiger partial charge on any atom is -0.456 e. The molecule has 44 heavy (non-hydrogen) atoms. The molecule has 0 saturated heterocycles. The lowest BCUT2D eigenvalue weighted by Crippen LogP contribution is -1.96. The molecule has 208 valence electrons. The van der Waals surface area contributed by atoms with Crippen molar-refractivity contribution in [1.82, 2.24) is 0 Å². The molecule has 0 aliphatic heterocycles. The molecular weight excluding hydrogens is 536 g/mol. The molecule has 2 heteroatoms. The van der Waals surface area contributed by atoms with Crippen molar-refractivity contribution < 1.29 is 8.83 Å². The van der Waals surface area contributed by atoms with Gasteiger partial charge in [0.15, 0.2) is 0 Å². The van der Waals surface area contributed by atoms with Gasteiger partial charge in [-0.3, -0.25) is 0 Å². The van der Waals surface area contributed by atoms with Crippen LogP contribution in [0.15, 0.2) is 161 Å². The molecule has 0 amide bonds. The second kappa shape index (κ2) is 10.00. The maximum absolute atomic E-state index is 6.34. The van der Waals surface area contributed by atoms with Crippen LogP contribution in [0, 0.1) is 0 Å². The zero-order chi connectivity index (χ0) is 29.0. The van der Waals surface area contributed by atoms with E-state index in [2.05, 4.69) is 146 Å². The quantitative estimate of drug-likeness (QED) is 0.212. The van der Waals surface area contributed by atoms with Crippen LogP contribution in [-0.4, -0.2) is 0 Å². The lowest BCUT2D eigenvalue weighted by Gasteiger charge is -2.14. The molecule has 2 heterocycles. The largest absolute Gasteiger partial charge is 0.456 e. The zero-order valence-electron chi connectivity index (χ0n) is 24.0. The van der Waals surface area contributed by atoms with E-state index < -0.39 is 0 Å². The fourth-order valence-corrected chi connectivity index (χ4v) is 6.69. The van der Waals surface area contributed by atoms with Gasteiger partial charge in [0.05, 0.1) is 0 Å². The predicted octanol–water partition coefficient (Wildman–Crippen LogP) is 12.1. The van der Waals surface area contributed by atoms with Gasteiger partial charge >= 0.3 is 0 Å². The molecule has 1 atom stereocenters. The standard InChI is InChI=1S/C42H28O2/c1-3-9-27(10-4-1)29-13-7-15-31(21-29)33-17-19-39-35(23-33)37-25-38-36-24-34(18-20-40(36)44-42(38)26-41(37)43-39)32-16-8-14-30(22-32)28-11-5-2-6-12-28/h1-11,13-26,28H,12H2. The minimum atomic E-state index is 0.423. The molecule has 1 unspecified atom stereocenters. The Balaban J connectivity index is 1.15. The van der Waals surface area contributed by atoms with Crippen LogP contribution in [0.5, 0.6) is 0 Å². The normalized spacial score (nSPS) is 14.8. The van der Waals surface area contributed by atoms with Gasteiger partial charge in [-0.25, -0.2) is 0 Å². The van der Waals surface area contributed by atoms with Crippen molar-refractivity contribution in [2.24, 2.45) is 0 Å². The van der Waals surface area contributed by atoms with Gasteiger partial charge in [0, 0.05) is 33.5 Å². The van der Waals surface area contributed by atoms with Crippen LogP contribution in [0.25, 0.3) is 77.3 Å². The average molecular weight is 565 g/mol. The molecule has 0 radical (unpaired) electrons. The third-order valence-corrected chi connectivity index (χ3v) is 8.99. The zero-order valence-corrected chi connectivity index (χ0v) is 24.0. The second-order valence-corrected chi connectivity index (χ2v) is 11.7. The van der Waals surface area contributed by atoms with Gasteiger partial charge in [0.1, 0.15) is 22.3 Å². The minimum absolute atomic E-state index is 0.423. The van der Waals surface area contributed by atoms with Crippen molar-refractivity contribution in [3.63, 3.8) is 0 Å². The Morgan fingerprint density at radius 1 is 0.409 bits per heavy atom. The molecule has 0 fully saturated rings. The summed E-state index contributed by atoms with van der Waals surface area (Å²) in [5, 5.41) is 4.43. The monoisotopic (exact) mass is 564 g/mol. The first kappa shape index (κ1) is 24.9. The third kappa shape index (κ3) is 4.19. The van der Waals surface area contributed by atoms with Gasteiger partial charge in [-0.2, -0.15) is 0 Å². The highest BCUT2D eigenvalue weighted by atomic mass is 16.3. The van der Waals surface area contributed by atoms with E-state index in [-0.39, 0.29) is 0 Å². The topological polar surface area (TPSA) is 26.3 Å². The molecule has 0 N–H and O–H groups in total. The van der Waals surface area contributed by atoms with Crippen LogP contribution >= 0.6 is 0 Å². The van der Waals surface area contributed by atoms with Crippen LogP contribution in [0.1, 0.15) is 17.9 Å². The van der Waals surface area contributed by atoms with Gasteiger partial charge in [0.2, 0.25) is 0 Å². The number of furan rings is 2. The Kier molecular flexibility index (Phi) is 5.67. The van der Waals surface area contributed by atoms with E-state index in [1.165, 1.54) is 38.9 Å². The van der Waals surface area contributed by atoms with Crippen molar-refractivity contribution in [1.29, 1.82) is 0 Å². The van der Waals surface area contributed by atoms with Gasteiger partial charge in [-0.1, -0.05) is 109 Å². The summed E-state index contributed by atoms with van der Waals surface area (Å²) < 4.78 is 12.7.